The summed E-state index contributed by atoms with van der Waals surface area (Å²) in [5.74, 6) is 0.854. The Bertz CT molecular complexity index is 971. The molecule has 3 heteroatoms. The molecule has 0 unspecified atom stereocenters. The molecule has 108 valence electrons. The van der Waals surface area contributed by atoms with Gasteiger partial charge in [-0.15, -0.1) is 0 Å². The van der Waals surface area contributed by atoms with Crippen LogP contribution in [0.25, 0.3) is 33.1 Å². The number of benzene rings is 2. The second kappa shape index (κ2) is 4.88. The first-order valence-electron chi connectivity index (χ1n) is 7.26. The predicted molar refractivity (Wildman–Crippen MR) is 90.2 cm³/mol. The van der Waals surface area contributed by atoms with Gasteiger partial charge in [0.1, 0.15) is 5.75 Å². The Hall–Kier alpha value is -2.81. The first-order valence-corrected chi connectivity index (χ1v) is 7.26. The fourth-order valence-electron chi connectivity index (χ4n) is 3.09. The molecule has 0 atom stereocenters. The summed E-state index contributed by atoms with van der Waals surface area (Å²) in [6.45, 7) is 0. The highest BCUT2D eigenvalue weighted by Crippen LogP contribution is 2.35. The lowest BCUT2D eigenvalue weighted by Gasteiger charge is -2.06. The van der Waals surface area contributed by atoms with Crippen molar-refractivity contribution < 1.29 is 4.74 Å². The van der Waals surface area contributed by atoms with Crippen molar-refractivity contribution in [2.75, 3.05) is 7.11 Å². The number of ether oxygens (including phenoxy) is 1. The summed E-state index contributed by atoms with van der Waals surface area (Å²) in [4.78, 5) is 4.62. The summed E-state index contributed by atoms with van der Waals surface area (Å²) in [5, 5.41) is 1.12. The summed E-state index contributed by atoms with van der Waals surface area (Å²) in [5.41, 5.74) is 5.72. The number of rotatable bonds is 2. The normalized spacial score (nSPS) is 11.2. The summed E-state index contributed by atoms with van der Waals surface area (Å²) in [6.07, 6.45) is 1.88. The van der Waals surface area contributed by atoms with Crippen molar-refractivity contribution in [3.05, 3.63) is 60.8 Å². The molecule has 0 spiro atoms. The quantitative estimate of drug-likeness (QED) is 0.546. The van der Waals surface area contributed by atoms with Crippen molar-refractivity contribution in [1.82, 2.24) is 9.55 Å². The van der Waals surface area contributed by atoms with Crippen molar-refractivity contribution in [2.24, 2.45) is 7.05 Å². The molecule has 0 bridgehead atoms. The lowest BCUT2D eigenvalue weighted by atomic mass is 10.1. The molecule has 0 aliphatic rings. The highest BCUT2D eigenvalue weighted by Gasteiger charge is 2.14. The minimum atomic E-state index is 0.854. The summed E-state index contributed by atoms with van der Waals surface area (Å²) < 4.78 is 7.57. The Kier molecular flexibility index (Phi) is 2.86. The van der Waals surface area contributed by atoms with Crippen LogP contribution in [0.1, 0.15) is 0 Å². The van der Waals surface area contributed by atoms with Gasteiger partial charge in [-0.3, -0.25) is 4.98 Å². The van der Waals surface area contributed by atoms with E-state index in [1.807, 2.05) is 18.3 Å². The first-order chi connectivity index (χ1) is 10.8. The van der Waals surface area contributed by atoms with E-state index in [1.54, 1.807) is 7.11 Å². The molecule has 0 radical (unpaired) electrons. The molecule has 0 saturated heterocycles. The van der Waals surface area contributed by atoms with Crippen molar-refractivity contribution in [1.29, 1.82) is 0 Å². The van der Waals surface area contributed by atoms with E-state index in [9.17, 15) is 0 Å². The third kappa shape index (κ3) is 1.79. The van der Waals surface area contributed by atoms with Crippen LogP contribution < -0.4 is 4.74 Å². The average molecular weight is 288 g/mol. The molecular weight excluding hydrogens is 272 g/mol. The molecule has 0 aliphatic carbocycles. The van der Waals surface area contributed by atoms with E-state index < -0.39 is 0 Å². The Labute approximate surface area is 128 Å². The topological polar surface area (TPSA) is 27.1 Å². The third-order valence-corrected chi connectivity index (χ3v) is 4.16. The van der Waals surface area contributed by atoms with Crippen LogP contribution in [0.15, 0.2) is 60.8 Å². The zero-order valence-corrected chi connectivity index (χ0v) is 12.6. The molecule has 22 heavy (non-hydrogen) atoms. The molecule has 2 aromatic heterocycles. The lowest BCUT2D eigenvalue weighted by molar-refractivity contribution is 0.415. The van der Waals surface area contributed by atoms with Gasteiger partial charge in [-0.1, -0.05) is 30.3 Å². The number of hydrogen-bond acceptors (Lipinski definition) is 2. The molecular formula is C19H16N2O. The predicted octanol–water partition coefficient (Wildman–Crippen LogP) is 4.40. The van der Waals surface area contributed by atoms with Gasteiger partial charge in [0.15, 0.2) is 0 Å². The maximum atomic E-state index is 5.36. The number of hydrogen-bond donors (Lipinski definition) is 0. The van der Waals surface area contributed by atoms with E-state index in [-0.39, 0.29) is 0 Å². The van der Waals surface area contributed by atoms with Crippen LogP contribution in [0.4, 0.5) is 0 Å². The van der Waals surface area contributed by atoms with Crippen LogP contribution in [-0.2, 0) is 7.05 Å². The maximum absolute atomic E-state index is 5.36. The maximum Gasteiger partial charge on any atom is 0.119 e. The van der Waals surface area contributed by atoms with Gasteiger partial charge in [0.05, 0.1) is 23.7 Å². The van der Waals surface area contributed by atoms with E-state index in [0.29, 0.717) is 0 Å². The molecule has 2 aromatic carbocycles. The SMILES string of the molecule is COc1ccc2c(c1)c1nccc(-c3ccccc3)c1n2C. The highest BCUT2D eigenvalue weighted by atomic mass is 16.5. The molecule has 0 saturated carbocycles. The van der Waals surface area contributed by atoms with Crippen LogP contribution in [0.3, 0.4) is 0 Å². The second-order valence-electron chi connectivity index (χ2n) is 5.36. The number of methoxy groups -OCH3 is 1. The first kappa shape index (κ1) is 12.9. The van der Waals surface area contributed by atoms with Crippen LogP contribution in [-0.4, -0.2) is 16.7 Å². The summed E-state index contributed by atoms with van der Waals surface area (Å²) >= 11 is 0. The minimum absolute atomic E-state index is 0.854. The number of pyridine rings is 1. The van der Waals surface area contributed by atoms with Crippen LogP contribution in [0.2, 0.25) is 0 Å². The smallest absolute Gasteiger partial charge is 0.119 e. The van der Waals surface area contributed by atoms with Crippen LogP contribution >= 0.6 is 0 Å². The average Bonchev–Trinajstić information content (AvgIpc) is 2.88. The molecule has 4 rings (SSSR count). The van der Waals surface area contributed by atoms with Crippen molar-refractivity contribution in [2.45, 2.75) is 0 Å². The number of aryl methyl sites for hydroxylation is 1. The van der Waals surface area contributed by atoms with Gasteiger partial charge in [-0.05, 0) is 29.8 Å². The minimum Gasteiger partial charge on any atom is -0.497 e. The van der Waals surface area contributed by atoms with Gasteiger partial charge in [0, 0.05) is 24.2 Å². The Morgan fingerprint density at radius 2 is 1.82 bits per heavy atom. The number of aromatic nitrogens is 2. The summed E-state index contributed by atoms with van der Waals surface area (Å²) in [7, 11) is 3.78. The van der Waals surface area contributed by atoms with E-state index in [1.165, 1.54) is 11.1 Å². The molecule has 0 amide bonds. The van der Waals surface area contributed by atoms with Gasteiger partial charge in [-0.2, -0.15) is 0 Å². The molecule has 0 aliphatic heterocycles. The zero-order chi connectivity index (χ0) is 15.1. The Balaban J connectivity index is 2.13. The van der Waals surface area contributed by atoms with E-state index in [4.69, 9.17) is 4.74 Å². The number of nitrogens with zero attached hydrogens (tertiary/aromatic N) is 2. The van der Waals surface area contributed by atoms with E-state index >= 15 is 0 Å². The van der Waals surface area contributed by atoms with Crippen molar-refractivity contribution in [3.8, 4) is 16.9 Å². The zero-order valence-electron chi connectivity index (χ0n) is 12.6. The lowest BCUT2D eigenvalue weighted by Crippen LogP contribution is -1.90. The third-order valence-electron chi connectivity index (χ3n) is 4.16. The van der Waals surface area contributed by atoms with Crippen molar-refractivity contribution >= 4 is 21.9 Å². The molecule has 0 fully saturated rings. The van der Waals surface area contributed by atoms with Gasteiger partial charge in [0.25, 0.3) is 0 Å². The highest BCUT2D eigenvalue weighted by molar-refractivity contribution is 6.10. The van der Waals surface area contributed by atoms with Crippen molar-refractivity contribution in [3.63, 3.8) is 0 Å². The Morgan fingerprint density at radius 1 is 1.00 bits per heavy atom. The fourth-order valence-corrected chi connectivity index (χ4v) is 3.09. The van der Waals surface area contributed by atoms with Gasteiger partial charge >= 0.3 is 0 Å². The number of fused-ring (bicyclic) bond motifs is 3. The van der Waals surface area contributed by atoms with E-state index in [2.05, 4.69) is 59.1 Å². The van der Waals surface area contributed by atoms with Crippen LogP contribution in [0.5, 0.6) is 5.75 Å². The second-order valence-corrected chi connectivity index (χ2v) is 5.36. The molecule has 0 N–H and O–H groups in total. The largest absolute Gasteiger partial charge is 0.497 e. The van der Waals surface area contributed by atoms with Gasteiger partial charge < -0.3 is 9.30 Å². The van der Waals surface area contributed by atoms with Crippen LogP contribution in [0, 0.1) is 0 Å². The van der Waals surface area contributed by atoms with E-state index in [0.717, 1.165) is 27.7 Å². The van der Waals surface area contributed by atoms with Gasteiger partial charge in [-0.25, -0.2) is 0 Å². The molecule has 2 heterocycles. The summed E-state index contributed by atoms with van der Waals surface area (Å²) in [6, 6.07) is 18.6. The fraction of sp³-hybridized carbons (Fsp3) is 0.105. The van der Waals surface area contributed by atoms with Gasteiger partial charge in [0.2, 0.25) is 0 Å². The molecule has 4 aromatic rings. The molecule has 3 nitrogen and oxygen atoms in total. The standard InChI is InChI=1S/C19H16N2O/c1-21-17-9-8-14(22-2)12-16(17)18-19(21)15(10-11-20-18)13-6-4-3-5-7-13/h3-12H,1-2H3. The Morgan fingerprint density at radius 3 is 2.59 bits per heavy atom. The monoisotopic (exact) mass is 288 g/mol.